The van der Waals surface area contributed by atoms with Crippen LogP contribution >= 0.6 is 35.1 Å². The number of anilines is 3. The zero-order chi connectivity index (χ0) is 24.5. The SMILES string of the molecule is CNc1c(N)ncnc1N(C)C1OC(COP(=O)(O)OP(=O)(O)OP(=O)(O)O)CC1(C)Cl. The van der Waals surface area contributed by atoms with Gasteiger partial charge in [0.05, 0.1) is 17.6 Å². The number of aromatic nitrogens is 2. The van der Waals surface area contributed by atoms with Gasteiger partial charge in [0.15, 0.2) is 17.9 Å². The molecule has 1 fully saturated rings. The Morgan fingerprint density at radius 3 is 2.47 bits per heavy atom. The predicted octanol–water partition coefficient (Wildman–Crippen LogP) is 0.993. The van der Waals surface area contributed by atoms with Crippen molar-refractivity contribution in [3.63, 3.8) is 0 Å². The molecule has 1 saturated heterocycles. The average molecular weight is 542 g/mol. The molecular weight excluding hydrogens is 519 g/mol. The van der Waals surface area contributed by atoms with E-state index >= 15 is 0 Å². The number of nitrogen functional groups attached to an aromatic ring is 1. The van der Waals surface area contributed by atoms with Crippen LogP contribution in [-0.4, -0.2) is 67.4 Å². The molecule has 2 rings (SSSR count). The number of hydrogen-bond donors (Lipinski definition) is 6. The summed E-state index contributed by atoms with van der Waals surface area (Å²) in [5.41, 5.74) is 6.26. The van der Waals surface area contributed by atoms with Crippen LogP contribution in [0.2, 0.25) is 0 Å². The maximum atomic E-state index is 11.9. The van der Waals surface area contributed by atoms with E-state index in [0.29, 0.717) is 11.5 Å². The first-order valence-electron chi connectivity index (χ1n) is 8.60. The lowest BCUT2D eigenvalue weighted by atomic mass is 10.0. The summed E-state index contributed by atoms with van der Waals surface area (Å²) in [5, 5.41) is 2.87. The molecule has 0 bridgehead atoms. The Morgan fingerprint density at radius 1 is 1.28 bits per heavy atom. The number of alkyl halides is 1. The summed E-state index contributed by atoms with van der Waals surface area (Å²) in [6.45, 7) is 1.02. The van der Waals surface area contributed by atoms with Gasteiger partial charge in [-0.2, -0.15) is 8.62 Å². The van der Waals surface area contributed by atoms with Crippen LogP contribution < -0.4 is 16.0 Å². The highest BCUT2D eigenvalue weighted by Gasteiger charge is 2.48. The maximum absolute atomic E-state index is 11.9. The lowest BCUT2D eigenvalue weighted by molar-refractivity contribution is 0.00809. The number of phosphoric acid groups is 3. The van der Waals surface area contributed by atoms with E-state index in [1.807, 2.05) is 0 Å². The Bertz CT molecular complexity index is 978. The largest absolute Gasteiger partial charge is 0.490 e. The van der Waals surface area contributed by atoms with Crippen molar-refractivity contribution in [2.24, 2.45) is 0 Å². The third-order valence-electron chi connectivity index (χ3n) is 4.09. The molecule has 20 heteroatoms. The molecule has 0 radical (unpaired) electrons. The molecule has 1 aliphatic heterocycles. The Morgan fingerprint density at radius 2 is 1.91 bits per heavy atom. The van der Waals surface area contributed by atoms with Gasteiger partial charge in [-0.3, -0.25) is 4.52 Å². The minimum Gasteiger partial charge on any atom is -0.382 e. The molecule has 32 heavy (non-hydrogen) atoms. The predicted molar refractivity (Wildman–Crippen MR) is 112 cm³/mol. The summed E-state index contributed by atoms with van der Waals surface area (Å²) in [4.78, 5) is 44.5. The topological polar surface area (TPSA) is 236 Å². The molecule has 5 atom stereocenters. The molecule has 7 N–H and O–H groups in total. The van der Waals surface area contributed by atoms with E-state index in [-0.39, 0.29) is 12.2 Å². The van der Waals surface area contributed by atoms with Crippen molar-refractivity contribution in [3.05, 3.63) is 6.33 Å². The first-order valence-corrected chi connectivity index (χ1v) is 13.5. The summed E-state index contributed by atoms with van der Waals surface area (Å²) in [6.07, 6.45) is -0.350. The summed E-state index contributed by atoms with van der Waals surface area (Å²) in [7, 11) is -13.1. The second-order valence-corrected chi connectivity index (χ2v) is 12.1. The maximum Gasteiger partial charge on any atom is 0.490 e. The van der Waals surface area contributed by atoms with Crippen molar-refractivity contribution in [2.75, 3.05) is 36.7 Å². The van der Waals surface area contributed by atoms with Crippen molar-refractivity contribution >= 4 is 52.4 Å². The van der Waals surface area contributed by atoms with Gasteiger partial charge in [0, 0.05) is 14.1 Å². The third kappa shape index (κ3) is 7.32. The normalized spacial score (nSPS) is 27.5. The van der Waals surface area contributed by atoms with E-state index in [1.54, 1.807) is 25.9 Å². The van der Waals surface area contributed by atoms with Crippen molar-refractivity contribution in [1.82, 2.24) is 9.97 Å². The molecule has 2 heterocycles. The van der Waals surface area contributed by atoms with Gasteiger partial charge >= 0.3 is 23.5 Å². The van der Waals surface area contributed by atoms with Gasteiger partial charge in [0.1, 0.15) is 12.0 Å². The monoisotopic (exact) mass is 541 g/mol. The highest BCUT2D eigenvalue weighted by Crippen LogP contribution is 2.66. The molecule has 0 aromatic carbocycles. The number of hydrogen-bond acceptors (Lipinski definition) is 12. The van der Waals surface area contributed by atoms with E-state index in [0.717, 1.165) is 0 Å². The van der Waals surface area contributed by atoms with Crippen LogP contribution in [0.1, 0.15) is 13.3 Å². The number of nitrogens with one attached hydrogen (secondary N) is 1. The van der Waals surface area contributed by atoms with E-state index in [4.69, 9.17) is 31.9 Å². The van der Waals surface area contributed by atoms with Crippen molar-refractivity contribution in [2.45, 2.75) is 30.6 Å². The lowest BCUT2D eigenvalue weighted by Gasteiger charge is -2.33. The van der Waals surface area contributed by atoms with E-state index < -0.39 is 47.3 Å². The smallest absolute Gasteiger partial charge is 0.382 e. The van der Waals surface area contributed by atoms with E-state index in [1.165, 1.54) is 6.33 Å². The van der Waals surface area contributed by atoms with E-state index in [9.17, 15) is 23.5 Å². The van der Waals surface area contributed by atoms with Gasteiger partial charge in [-0.15, -0.1) is 11.6 Å². The Hall–Kier alpha value is -0.860. The molecule has 1 aromatic rings. The molecule has 1 aromatic heterocycles. The van der Waals surface area contributed by atoms with Gasteiger partial charge < -0.3 is 40.3 Å². The molecule has 1 aliphatic rings. The number of nitrogens with zero attached hydrogens (tertiary/aromatic N) is 3. The van der Waals surface area contributed by atoms with Gasteiger partial charge in [0.25, 0.3) is 0 Å². The van der Waals surface area contributed by atoms with Crippen LogP contribution in [0.3, 0.4) is 0 Å². The third-order valence-corrected chi connectivity index (χ3v) is 8.24. The Labute approximate surface area is 187 Å². The molecule has 0 saturated carbocycles. The molecule has 16 nitrogen and oxygen atoms in total. The van der Waals surface area contributed by atoms with Crippen molar-refractivity contribution in [3.8, 4) is 0 Å². The summed E-state index contributed by atoms with van der Waals surface area (Å²) < 4.78 is 51.7. The Balaban J connectivity index is 2.07. The van der Waals surface area contributed by atoms with Gasteiger partial charge in [-0.05, 0) is 13.3 Å². The fourth-order valence-electron chi connectivity index (χ4n) is 3.00. The average Bonchev–Trinajstić information content (AvgIpc) is 2.90. The van der Waals surface area contributed by atoms with Crippen LogP contribution in [-0.2, 0) is 31.6 Å². The number of halogens is 1. The Kier molecular flexibility index (Phi) is 8.37. The number of ether oxygens (including phenoxy) is 1. The molecule has 184 valence electrons. The molecule has 0 amide bonds. The number of phosphoric ester groups is 1. The van der Waals surface area contributed by atoms with Crippen molar-refractivity contribution in [1.29, 1.82) is 0 Å². The lowest BCUT2D eigenvalue weighted by Crippen LogP contribution is -2.44. The van der Waals surface area contributed by atoms with Gasteiger partial charge in [0.2, 0.25) is 0 Å². The zero-order valence-electron chi connectivity index (χ0n) is 16.9. The van der Waals surface area contributed by atoms with Crippen LogP contribution in [0, 0.1) is 0 Å². The summed E-state index contributed by atoms with van der Waals surface area (Å²) in [5.74, 6) is 0.549. The van der Waals surface area contributed by atoms with Crippen LogP contribution in [0.5, 0.6) is 0 Å². The number of nitrogens with two attached hydrogens (primary N) is 1. The molecule has 0 spiro atoms. The first-order chi connectivity index (χ1) is 14.5. The van der Waals surface area contributed by atoms with Gasteiger partial charge in [-0.1, -0.05) is 0 Å². The minimum absolute atomic E-state index is 0.106. The highest BCUT2D eigenvalue weighted by atomic mass is 35.5. The quantitative estimate of drug-likeness (QED) is 0.179. The standard InChI is InChI=1S/C12H23ClN5O11P3/c1-12(13)4-7(5-26-31(22,23)29-32(24,25)28-30(19,20)21)27-11(12)18(3)10-8(15-2)9(14)16-6-17-10/h6-7,11,15H,4-5H2,1-3H3,(H,22,23)(H,24,25)(H2,14,16,17)(H2,19,20,21). The fraction of sp³-hybridized carbons (Fsp3) is 0.667. The number of rotatable bonds is 10. The van der Waals surface area contributed by atoms with Crippen LogP contribution in [0.25, 0.3) is 0 Å². The first kappa shape index (κ1) is 27.4. The van der Waals surface area contributed by atoms with Crippen LogP contribution in [0.4, 0.5) is 17.3 Å². The second kappa shape index (κ2) is 9.79. The fourth-order valence-corrected chi connectivity index (χ4v) is 6.42. The zero-order valence-corrected chi connectivity index (χ0v) is 20.4. The summed E-state index contributed by atoms with van der Waals surface area (Å²) in [6, 6.07) is 0. The molecular formula is C12H23ClN5O11P3. The summed E-state index contributed by atoms with van der Waals surface area (Å²) >= 11 is 6.57. The highest BCUT2D eigenvalue weighted by molar-refractivity contribution is 7.66. The van der Waals surface area contributed by atoms with Crippen LogP contribution in [0.15, 0.2) is 6.33 Å². The molecule has 5 unspecified atom stereocenters. The van der Waals surface area contributed by atoms with Crippen molar-refractivity contribution < 1.29 is 51.2 Å². The minimum atomic E-state index is -5.61. The van der Waals surface area contributed by atoms with Gasteiger partial charge in [-0.25, -0.2) is 23.7 Å². The van der Waals surface area contributed by atoms with E-state index in [2.05, 4.69) is 28.4 Å². The second-order valence-electron chi connectivity index (χ2n) is 6.80. The molecule has 0 aliphatic carbocycles.